The quantitative estimate of drug-likeness (QED) is 0.527. The number of hydrogen-bond acceptors (Lipinski definition) is 1. The van der Waals surface area contributed by atoms with Crippen molar-refractivity contribution in [3.63, 3.8) is 0 Å². The minimum absolute atomic E-state index is 0.659. The van der Waals surface area contributed by atoms with E-state index in [9.17, 15) is 0 Å². The van der Waals surface area contributed by atoms with Crippen LogP contribution in [-0.2, 0) is 4.74 Å². The fourth-order valence-electron chi connectivity index (χ4n) is 0.721. The monoisotopic (exact) mass is 128 g/mol. The summed E-state index contributed by atoms with van der Waals surface area (Å²) in [5.41, 5.74) is 0. The molecule has 0 aliphatic rings. The van der Waals surface area contributed by atoms with Crippen LogP contribution in [0.4, 0.5) is 0 Å². The Bertz CT molecular complexity index is 76.6. The second kappa shape index (κ2) is 5.83. The highest BCUT2D eigenvalue weighted by Gasteiger charge is 1.95. The van der Waals surface area contributed by atoms with E-state index in [4.69, 9.17) is 4.74 Å². The van der Waals surface area contributed by atoms with Gasteiger partial charge in [-0.3, -0.25) is 0 Å². The fourth-order valence-corrected chi connectivity index (χ4v) is 0.721. The maximum Gasteiger partial charge on any atom is 0.0490 e. The van der Waals surface area contributed by atoms with E-state index < -0.39 is 0 Å². The number of ether oxygens (including phenoxy) is 1. The number of allylic oxidation sites excluding steroid dienone is 2. The summed E-state index contributed by atoms with van der Waals surface area (Å²) in [7, 11) is 1.74. The van der Waals surface area contributed by atoms with E-state index >= 15 is 0 Å². The molecule has 0 aliphatic heterocycles. The second-order valence-electron chi connectivity index (χ2n) is 2.37. The maximum atomic E-state index is 4.97. The zero-order valence-electron chi connectivity index (χ0n) is 6.55. The molecule has 0 radical (unpaired) electrons. The first-order valence-electron chi connectivity index (χ1n) is 3.41. The average molecular weight is 128 g/mol. The maximum absolute atomic E-state index is 4.97. The van der Waals surface area contributed by atoms with Crippen molar-refractivity contribution in [2.45, 2.75) is 20.3 Å². The van der Waals surface area contributed by atoms with E-state index in [0.717, 1.165) is 13.0 Å². The van der Waals surface area contributed by atoms with Crippen LogP contribution >= 0.6 is 0 Å². The Hall–Kier alpha value is -0.300. The lowest BCUT2D eigenvalue weighted by atomic mass is 10.1. The molecule has 1 heteroatoms. The Kier molecular flexibility index (Phi) is 5.64. The highest BCUT2D eigenvalue weighted by atomic mass is 16.5. The molecule has 0 spiro atoms. The molecule has 0 aromatic carbocycles. The number of hydrogen-bond donors (Lipinski definition) is 0. The van der Waals surface area contributed by atoms with Gasteiger partial charge in [0, 0.05) is 13.7 Å². The number of methoxy groups -OCH3 is 1. The molecule has 9 heavy (non-hydrogen) atoms. The molecule has 1 unspecified atom stereocenters. The predicted octanol–water partition coefficient (Wildman–Crippen LogP) is 2.24. The first-order chi connectivity index (χ1) is 4.31. The van der Waals surface area contributed by atoms with Gasteiger partial charge in [0.25, 0.3) is 0 Å². The van der Waals surface area contributed by atoms with Gasteiger partial charge in [0.2, 0.25) is 0 Å². The molecular weight excluding hydrogens is 112 g/mol. The van der Waals surface area contributed by atoms with E-state index in [2.05, 4.69) is 19.1 Å². The standard InChI is InChI=1S/C8H16O/c1-4-5-6-8(2)7-9-3/h4-5,8H,6-7H2,1-3H3/b5-4+. The third-order valence-electron chi connectivity index (χ3n) is 1.23. The molecule has 0 heterocycles. The summed E-state index contributed by atoms with van der Waals surface area (Å²) in [5.74, 6) is 0.659. The van der Waals surface area contributed by atoms with Crippen LogP contribution in [0.2, 0.25) is 0 Å². The van der Waals surface area contributed by atoms with E-state index in [1.807, 2.05) is 6.92 Å². The molecular formula is C8H16O. The molecule has 0 aromatic heterocycles. The van der Waals surface area contributed by atoms with Gasteiger partial charge in [0.15, 0.2) is 0 Å². The van der Waals surface area contributed by atoms with E-state index in [0.29, 0.717) is 5.92 Å². The van der Waals surface area contributed by atoms with Gasteiger partial charge in [0.1, 0.15) is 0 Å². The van der Waals surface area contributed by atoms with Gasteiger partial charge >= 0.3 is 0 Å². The third-order valence-corrected chi connectivity index (χ3v) is 1.23. The minimum Gasteiger partial charge on any atom is -0.384 e. The lowest BCUT2D eigenvalue weighted by Crippen LogP contribution is -2.01. The Balaban J connectivity index is 3.15. The van der Waals surface area contributed by atoms with Crippen LogP contribution in [0, 0.1) is 5.92 Å². The fraction of sp³-hybridized carbons (Fsp3) is 0.750. The molecule has 0 bridgehead atoms. The van der Waals surface area contributed by atoms with Gasteiger partial charge in [-0.2, -0.15) is 0 Å². The summed E-state index contributed by atoms with van der Waals surface area (Å²) >= 11 is 0. The summed E-state index contributed by atoms with van der Waals surface area (Å²) < 4.78 is 4.97. The normalized spacial score (nSPS) is 14.6. The van der Waals surface area contributed by atoms with Gasteiger partial charge in [-0.05, 0) is 19.3 Å². The zero-order valence-corrected chi connectivity index (χ0v) is 6.55. The summed E-state index contributed by atoms with van der Waals surface area (Å²) in [6, 6.07) is 0. The Labute approximate surface area is 57.7 Å². The lowest BCUT2D eigenvalue weighted by molar-refractivity contribution is 0.161. The largest absolute Gasteiger partial charge is 0.384 e. The molecule has 0 amide bonds. The van der Waals surface area contributed by atoms with Gasteiger partial charge < -0.3 is 4.74 Å². The van der Waals surface area contributed by atoms with E-state index in [1.54, 1.807) is 7.11 Å². The highest BCUT2D eigenvalue weighted by molar-refractivity contribution is 4.78. The van der Waals surface area contributed by atoms with Crippen molar-refractivity contribution in [1.82, 2.24) is 0 Å². The molecule has 1 atom stereocenters. The van der Waals surface area contributed by atoms with Crippen LogP contribution in [0.3, 0.4) is 0 Å². The van der Waals surface area contributed by atoms with Crippen LogP contribution in [0.5, 0.6) is 0 Å². The summed E-state index contributed by atoms with van der Waals surface area (Å²) in [4.78, 5) is 0. The molecule has 0 N–H and O–H groups in total. The molecule has 0 aliphatic carbocycles. The third kappa shape index (κ3) is 5.57. The van der Waals surface area contributed by atoms with Crippen molar-refractivity contribution < 1.29 is 4.74 Å². The minimum atomic E-state index is 0.659. The molecule has 0 saturated carbocycles. The van der Waals surface area contributed by atoms with Crippen LogP contribution in [0.15, 0.2) is 12.2 Å². The Morgan fingerprint density at radius 2 is 2.22 bits per heavy atom. The first kappa shape index (κ1) is 8.70. The molecule has 0 saturated heterocycles. The van der Waals surface area contributed by atoms with Gasteiger partial charge in [-0.1, -0.05) is 19.1 Å². The van der Waals surface area contributed by atoms with Crippen LogP contribution in [-0.4, -0.2) is 13.7 Å². The molecule has 54 valence electrons. The van der Waals surface area contributed by atoms with Crippen molar-refractivity contribution in [1.29, 1.82) is 0 Å². The first-order valence-corrected chi connectivity index (χ1v) is 3.41. The van der Waals surface area contributed by atoms with Gasteiger partial charge in [-0.15, -0.1) is 0 Å². The van der Waals surface area contributed by atoms with Crippen LogP contribution < -0.4 is 0 Å². The van der Waals surface area contributed by atoms with Crippen LogP contribution in [0.1, 0.15) is 20.3 Å². The second-order valence-corrected chi connectivity index (χ2v) is 2.37. The van der Waals surface area contributed by atoms with Gasteiger partial charge in [0.05, 0.1) is 0 Å². The summed E-state index contributed by atoms with van der Waals surface area (Å²) in [6.07, 6.45) is 5.38. The summed E-state index contributed by atoms with van der Waals surface area (Å²) in [5, 5.41) is 0. The van der Waals surface area contributed by atoms with Crippen molar-refractivity contribution in [2.24, 2.45) is 5.92 Å². The summed E-state index contributed by atoms with van der Waals surface area (Å²) in [6.45, 7) is 5.09. The van der Waals surface area contributed by atoms with E-state index in [1.165, 1.54) is 0 Å². The van der Waals surface area contributed by atoms with E-state index in [-0.39, 0.29) is 0 Å². The zero-order chi connectivity index (χ0) is 7.11. The SMILES string of the molecule is C/C=C/CC(C)COC. The highest BCUT2D eigenvalue weighted by Crippen LogP contribution is 2.01. The van der Waals surface area contributed by atoms with Crippen LogP contribution in [0.25, 0.3) is 0 Å². The molecule has 0 rings (SSSR count). The molecule has 1 nitrogen and oxygen atoms in total. The van der Waals surface area contributed by atoms with Gasteiger partial charge in [-0.25, -0.2) is 0 Å². The molecule has 0 fully saturated rings. The van der Waals surface area contributed by atoms with Crippen molar-refractivity contribution in [2.75, 3.05) is 13.7 Å². The molecule has 0 aromatic rings. The predicted molar refractivity (Wildman–Crippen MR) is 40.5 cm³/mol. The number of rotatable bonds is 4. The smallest absolute Gasteiger partial charge is 0.0490 e. The van der Waals surface area contributed by atoms with Crippen molar-refractivity contribution >= 4 is 0 Å². The Morgan fingerprint density at radius 1 is 1.56 bits per heavy atom. The topological polar surface area (TPSA) is 9.23 Å². The Morgan fingerprint density at radius 3 is 2.67 bits per heavy atom. The van der Waals surface area contributed by atoms with Crippen molar-refractivity contribution in [3.05, 3.63) is 12.2 Å². The van der Waals surface area contributed by atoms with Crippen molar-refractivity contribution in [3.8, 4) is 0 Å². The average Bonchev–Trinajstić information content (AvgIpc) is 1.85. The lowest BCUT2D eigenvalue weighted by Gasteiger charge is -2.04.